The molecule has 0 bridgehead atoms. The number of carbonyl (C=O) groups is 2. The van der Waals surface area contributed by atoms with Crippen LogP contribution in [0.2, 0.25) is 0 Å². The molecule has 18 heavy (non-hydrogen) atoms. The second kappa shape index (κ2) is 9.61. The van der Waals surface area contributed by atoms with Crippen molar-refractivity contribution in [2.24, 2.45) is 0 Å². The van der Waals surface area contributed by atoms with Gasteiger partial charge in [0.25, 0.3) is 0 Å². The minimum Gasteiger partial charge on any atom is -0.383 e. The van der Waals surface area contributed by atoms with Crippen LogP contribution in [0.25, 0.3) is 0 Å². The van der Waals surface area contributed by atoms with E-state index in [4.69, 9.17) is 4.74 Å². The Bertz CT molecular complexity index is 280. The van der Waals surface area contributed by atoms with E-state index in [0.717, 1.165) is 0 Å². The van der Waals surface area contributed by atoms with Gasteiger partial charge in [-0.1, -0.05) is 6.08 Å². The number of nitrogens with one attached hydrogen (secondary N) is 1. The molecule has 2 amide bonds. The number of ether oxygens (including phenoxy) is 1. The Labute approximate surface area is 109 Å². The summed E-state index contributed by atoms with van der Waals surface area (Å²) in [6.45, 7) is 5.20. The normalized spacial score (nSPS) is 9.94. The highest BCUT2D eigenvalue weighted by Crippen LogP contribution is 1.93. The van der Waals surface area contributed by atoms with Crippen LogP contribution in [0.1, 0.15) is 0 Å². The molecule has 6 nitrogen and oxygen atoms in total. The van der Waals surface area contributed by atoms with Gasteiger partial charge in [-0.05, 0) is 0 Å². The summed E-state index contributed by atoms with van der Waals surface area (Å²) in [5.74, 6) is -0.229. The Morgan fingerprint density at radius 2 is 2.00 bits per heavy atom. The third kappa shape index (κ3) is 7.03. The molecule has 1 N–H and O–H groups in total. The van der Waals surface area contributed by atoms with Crippen molar-refractivity contribution in [1.82, 2.24) is 15.1 Å². The van der Waals surface area contributed by atoms with Crippen molar-refractivity contribution in [2.75, 3.05) is 54.0 Å². The quantitative estimate of drug-likeness (QED) is 0.439. The maximum absolute atomic E-state index is 11.9. The maximum atomic E-state index is 11.9. The fraction of sp³-hybridized carbons (Fsp3) is 0.667. The fourth-order valence-corrected chi connectivity index (χ4v) is 1.19. The van der Waals surface area contributed by atoms with Crippen molar-refractivity contribution >= 4 is 11.8 Å². The molecular weight excluding hydrogens is 234 g/mol. The summed E-state index contributed by atoms with van der Waals surface area (Å²) in [6, 6.07) is 0. The van der Waals surface area contributed by atoms with E-state index in [9.17, 15) is 9.59 Å². The van der Waals surface area contributed by atoms with Crippen molar-refractivity contribution in [2.45, 2.75) is 0 Å². The lowest BCUT2D eigenvalue weighted by atomic mass is 10.4. The van der Waals surface area contributed by atoms with Gasteiger partial charge >= 0.3 is 0 Å². The average molecular weight is 257 g/mol. The van der Waals surface area contributed by atoms with E-state index < -0.39 is 0 Å². The van der Waals surface area contributed by atoms with Crippen LogP contribution in [0, 0.1) is 0 Å². The number of amides is 2. The number of hydrogen-bond donors (Lipinski definition) is 1. The third-order valence-corrected chi connectivity index (χ3v) is 2.31. The number of rotatable bonds is 9. The van der Waals surface area contributed by atoms with Crippen LogP contribution in [-0.2, 0) is 14.3 Å². The van der Waals surface area contributed by atoms with Crippen LogP contribution in [0.4, 0.5) is 0 Å². The summed E-state index contributed by atoms with van der Waals surface area (Å²) in [4.78, 5) is 26.4. The number of methoxy groups -OCH3 is 1. The molecule has 6 heteroatoms. The molecule has 0 unspecified atom stereocenters. The molecule has 0 saturated carbocycles. The van der Waals surface area contributed by atoms with Gasteiger partial charge in [0, 0.05) is 34.3 Å². The molecule has 0 aliphatic heterocycles. The second-order valence-electron chi connectivity index (χ2n) is 4.02. The van der Waals surface area contributed by atoms with Crippen LogP contribution in [0.15, 0.2) is 12.7 Å². The summed E-state index contributed by atoms with van der Waals surface area (Å²) >= 11 is 0. The molecule has 0 aliphatic rings. The molecule has 0 radical (unpaired) electrons. The topological polar surface area (TPSA) is 61.9 Å². The third-order valence-electron chi connectivity index (χ3n) is 2.31. The number of nitrogens with zero attached hydrogens (tertiary/aromatic N) is 2. The smallest absolute Gasteiger partial charge is 0.241 e. The van der Waals surface area contributed by atoms with Gasteiger partial charge in [-0.15, -0.1) is 6.58 Å². The lowest BCUT2D eigenvalue weighted by Crippen LogP contribution is -2.45. The minimum atomic E-state index is -0.121. The van der Waals surface area contributed by atoms with Gasteiger partial charge in [0.1, 0.15) is 0 Å². The monoisotopic (exact) mass is 257 g/mol. The molecule has 0 spiro atoms. The highest BCUT2D eigenvalue weighted by molar-refractivity contribution is 5.85. The van der Waals surface area contributed by atoms with E-state index in [2.05, 4.69) is 11.9 Å². The lowest BCUT2D eigenvalue weighted by molar-refractivity contribution is -0.139. The largest absolute Gasteiger partial charge is 0.383 e. The molecule has 0 aromatic carbocycles. The predicted octanol–water partition coefficient (Wildman–Crippen LogP) is -0.675. The second-order valence-corrected chi connectivity index (χ2v) is 4.02. The zero-order valence-corrected chi connectivity index (χ0v) is 11.4. The Kier molecular flexibility index (Phi) is 8.86. The summed E-state index contributed by atoms with van der Waals surface area (Å²) in [5.41, 5.74) is 0. The van der Waals surface area contributed by atoms with Gasteiger partial charge in [0.05, 0.1) is 19.7 Å². The first-order valence-corrected chi connectivity index (χ1v) is 5.81. The molecule has 0 aromatic rings. The molecule has 0 saturated heterocycles. The first kappa shape index (κ1) is 16.6. The van der Waals surface area contributed by atoms with Gasteiger partial charge in [-0.3, -0.25) is 9.59 Å². The van der Waals surface area contributed by atoms with E-state index in [-0.39, 0.29) is 24.9 Å². The standard InChI is InChI=1S/C12H23N3O3/c1-5-6-13-9-11(16)15(7-8-18-4)10-12(17)14(2)3/h5,13H,1,6-10H2,2-4H3. The Morgan fingerprint density at radius 1 is 1.33 bits per heavy atom. The van der Waals surface area contributed by atoms with Crippen LogP contribution in [0.5, 0.6) is 0 Å². The van der Waals surface area contributed by atoms with E-state index in [1.807, 2.05) is 0 Å². The first-order chi connectivity index (χ1) is 8.52. The Morgan fingerprint density at radius 3 is 2.50 bits per heavy atom. The highest BCUT2D eigenvalue weighted by Gasteiger charge is 2.17. The van der Waals surface area contributed by atoms with E-state index in [0.29, 0.717) is 19.7 Å². The van der Waals surface area contributed by atoms with Crippen LogP contribution in [0.3, 0.4) is 0 Å². The van der Waals surface area contributed by atoms with Crippen LogP contribution >= 0.6 is 0 Å². The minimum absolute atomic E-state index is 0.0744. The maximum Gasteiger partial charge on any atom is 0.241 e. The van der Waals surface area contributed by atoms with Crippen molar-refractivity contribution in [3.05, 3.63) is 12.7 Å². The summed E-state index contributed by atoms with van der Waals surface area (Å²) < 4.78 is 4.93. The molecule has 0 aromatic heterocycles. The SMILES string of the molecule is C=CCNCC(=O)N(CCOC)CC(=O)N(C)C. The zero-order valence-electron chi connectivity index (χ0n) is 11.4. The molecule has 0 rings (SSSR count). The van der Waals surface area contributed by atoms with Gasteiger partial charge < -0.3 is 19.9 Å². The Balaban J connectivity index is 4.31. The van der Waals surface area contributed by atoms with Crippen LogP contribution in [-0.4, -0.2) is 75.6 Å². The summed E-state index contributed by atoms with van der Waals surface area (Å²) in [6.07, 6.45) is 1.68. The molecular formula is C12H23N3O3. The lowest BCUT2D eigenvalue weighted by Gasteiger charge is -2.23. The predicted molar refractivity (Wildman–Crippen MR) is 70.2 cm³/mol. The highest BCUT2D eigenvalue weighted by atomic mass is 16.5. The summed E-state index contributed by atoms with van der Waals surface area (Å²) in [7, 11) is 4.89. The summed E-state index contributed by atoms with van der Waals surface area (Å²) in [5, 5.41) is 2.92. The van der Waals surface area contributed by atoms with Gasteiger partial charge in [-0.2, -0.15) is 0 Å². The molecule has 0 atom stereocenters. The van der Waals surface area contributed by atoms with Crippen molar-refractivity contribution < 1.29 is 14.3 Å². The number of likely N-dealkylation sites (N-methyl/N-ethyl adjacent to an activating group) is 1. The van der Waals surface area contributed by atoms with E-state index in [1.54, 1.807) is 27.3 Å². The fourth-order valence-electron chi connectivity index (χ4n) is 1.19. The van der Waals surface area contributed by atoms with Crippen LogP contribution < -0.4 is 5.32 Å². The van der Waals surface area contributed by atoms with Gasteiger partial charge in [0.15, 0.2) is 0 Å². The molecule has 104 valence electrons. The van der Waals surface area contributed by atoms with Gasteiger partial charge in [-0.25, -0.2) is 0 Å². The van der Waals surface area contributed by atoms with Crippen molar-refractivity contribution in [1.29, 1.82) is 0 Å². The molecule has 0 heterocycles. The van der Waals surface area contributed by atoms with E-state index in [1.165, 1.54) is 9.80 Å². The average Bonchev–Trinajstić information content (AvgIpc) is 2.34. The first-order valence-electron chi connectivity index (χ1n) is 5.81. The zero-order chi connectivity index (χ0) is 14.0. The number of hydrogen-bond acceptors (Lipinski definition) is 4. The van der Waals surface area contributed by atoms with Crippen molar-refractivity contribution in [3.8, 4) is 0 Å². The molecule has 0 fully saturated rings. The Hall–Kier alpha value is -1.40. The van der Waals surface area contributed by atoms with E-state index >= 15 is 0 Å². The van der Waals surface area contributed by atoms with Gasteiger partial charge in [0.2, 0.25) is 11.8 Å². The molecule has 0 aliphatic carbocycles. The van der Waals surface area contributed by atoms with Crippen molar-refractivity contribution in [3.63, 3.8) is 0 Å². The number of carbonyl (C=O) groups excluding carboxylic acids is 2.